The van der Waals surface area contributed by atoms with Crippen LogP contribution in [-0.4, -0.2) is 17.5 Å². The molecule has 0 aromatic rings. The molecule has 2 heteroatoms. The average Bonchev–Trinajstić information content (AvgIpc) is 2.39. The topological polar surface area (TPSA) is 37.3 Å². The molecule has 0 spiro atoms. The van der Waals surface area contributed by atoms with Gasteiger partial charge in [-0.2, -0.15) is 0 Å². The molecule has 0 saturated carbocycles. The number of rotatable bonds is 11. The Bertz CT molecular complexity index is 277. The molecular weight excluding hydrogens is 236 g/mol. The van der Waals surface area contributed by atoms with E-state index in [1.165, 1.54) is 6.42 Å². The number of allylic oxidation sites excluding steroid dienone is 3. The number of hydrogen-bond donors (Lipinski definition) is 1. The van der Waals surface area contributed by atoms with Gasteiger partial charge in [-0.15, -0.1) is 0 Å². The maximum absolute atomic E-state index is 10.1. The standard InChI is InChI=1S/C17H30O2/c1-4-5-14-17(2,3)16(19)13-11-9-7-6-8-10-12-15-18/h7,9,11,13,15-16,19H,4-6,8,10,12,14H2,1-3H3/b9-7-,13-11+. The van der Waals surface area contributed by atoms with Crippen LogP contribution in [0, 0.1) is 5.41 Å². The van der Waals surface area contributed by atoms with Crippen molar-refractivity contribution in [2.45, 2.75) is 71.8 Å². The maximum Gasteiger partial charge on any atom is 0.119 e. The van der Waals surface area contributed by atoms with Crippen molar-refractivity contribution >= 4 is 6.29 Å². The van der Waals surface area contributed by atoms with Crippen LogP contribution in [0.4, 0.5) is 0 Å². The number of hydrogen-bond acceptors (Lipinski definition) is 2. The molecule has 0 fully saturated rings. The molecule has 0 aliphatic carbocycles. The van der Waals surface area contributed by atoms with Crippen LogP contribution in [-0.2, 0) is 4.79 Å². The third-order valence-electron chi connectivity index (χ3n) is 3.46. The van der Waals surface area contributed by atoms with E-state index in [9.17, 15) is 9.90 Å². The van der Waals surface area contributed by atoms with Crippen LogP contribution in [0.2, 0.25) is 0 Å². The van der Waals surface area contributed by atoms with E-state index in [-0.39, 0.29) is 5.41 Å². The van der Waals surface area contributed by atoms with Crippen molar-refractivity contribution in [1.82, 2.24) is 0 Å². The first-order valence-electron chi connectivity index (χ1n) is 7.49. The van der Waals surface area contributed by atoms with Gasteiger partial charge in [-0.1, -0.05) is 57.9 Å². The minimum atomic E-state index is -0.390. The molecule has 0 amide bonds. The molecular formula is C17H30O2. The van der Waals surface area contributed by atoms with Gasteiger partial charge in [0.1, 0.15) is 6.29 Å². The molecule has 1 N–H and O–H groups in total. The van der Waals surface area contributed by atoms with E-state index in [1.54, 1.807) is 0 Å². The van der Waals surface area contributed by atoms with Gasteiger partial charge < -0.3 is 9.90 Å². The van der Waals surface area contributed by atoms with E-state index < -0.39 is 6.10 Å². The van der Waals surface area contributed by atoms with Gasteiger partial charge in [0.25, 0.3) is 0 Å². The van der Waals surface area contributed by atoms with Crippen LogP contribution in [0.1, 0.15) is 65.7 Å². The second kappa shape index (κ2) is 11.0. The molecule has 2 nitrogen and oxygen atoms in total. The molecule has 0 heterocycles. The molecule has 0 aromatic heterocycles. The first-order valence-corrected chi connectivity index (χ1v) is 7.49. The molecule has 0 aromatic carbocycles. The van der Waals surface area contributed by atoms with E-state index in [2.05, 4.69) is 26.8 Å². The quantitative estimate of drug-likeness (QED) is 0.341. The highest BCUT2D eigenvalue weighted by atomic mass is 16.3. The lowest BCUT2D eigenvalue weighted by Crippen LogP contribution is -2.27. The lowest BCUT2D eigenvalue weighted by atomic mass is 9.81. The minimum absolute atomic E-state index is 0.0513. The predicted molar refractivity (Wildman–Crippen MR) is 82.1 cm³/mol. The van der Waals surface area contributed by atoms with Crippen LogP contribution in [0.15, 0.2) is 24.3 Å². The van der Waals surface area contributed by atoms with Gasteiger partial charge in [-0.25, -0.2) is 0 Å². The molecule has 1 unspecified atom stereocenters. The molecule has 110 valence electrons. The zero-order valence-electron chi connectivity index (χ0n) is 12.8. The summed E-state index contributed by atoms with van der Waals surface area (Å²) in [6.45, 7) is 6.40. The van der Waals surface area contributed by atoms with Crippen molar-refractivity contribution in [3.8, 4) is 0 Å². The molecule has 0 rings (SSSR count). The zero-order valence-corrected chi connectivity index (χ0v) is 12.8. The molecule has 0 saturated heterocycles. The van der Waals surface area contributed by atoms with Crippen molar-refractivity contribution < 1.29 is 9.90 Å². The van der Waals surface area contributed by atoms with Gasteiger partial charge in [-0.05, 0) is 31.1 Å². The van der Waals surface area contributed by atoms with E-state index >= 15 is 0 Å². The molecule has 19 heavy (non-hydrogen) atoms. The summed E-state index contributed by atoms with van der Waals surface area (Å²) in [7, 11) is 0. The van der Waals surface area contributed by atoms with Gasteiger partial charge in [-0.3, -0.25) is 0 Å². The number of aldehydes is 1. The summed E-state index contributed by atoms with van der Waals surface area (Å²) in [6.07, 6.45) is 15.5. The Morgan fingerprint density at radius 1 is 1.11 bits per heavy atom. The van der Waals surface area contributed by atoms with Gasteiger partial charge in [0.15, 0.2) is 0 Å². The third kappa shape index (κ3) is 9.66. The maximum atomic E-state index is 10.1. The zero-order chi connectivity index (χ0) is 14.6. The Morgan fingerprint density at radius 3 is 2.42 bits per heavy atom. The van der Waals surface area contributed by atoms with Crippen molar-refractivity contribution in [1.29, 1.82) is 0 Å². The Morgan fingerprint density at radius 2 is 1.79 bits per heavy atom. The first-order chi connectivity index (χ1) is 9.04. The van der Waals surface area contributed by atoms with Gasteiger partial charge >= 0.3 is 0 Å². The monoisotopic (exact) mass is 266 g/mol. The molecule has 0 radical (unpaired) electrons. The lowest BCUT2D eigenvalue weighted by Gasteiger charge is -2.28. The molecule has 1 atom stereocenters. The van der Waals surface area contributed by atoms with Gasteiger partial charge in [0.2, 0.25) is 0 Å². The number of aliphatic hydroxyl groups excluding tert-OH is 1. The highest BCUT2D eigenvalue weighted by molar-refractivity contribution is 5.48. The van der Waals surface area contributed by atoms with Crippen molar-refractivity contribution in [3.63, 3.8) is 0 Å². The lowest BCUT2D eigenvalue weighted by molar-refractivity contribution is -0.107. The first kappa shape index (κ1) is 18.1. The van der Waals surface area contributed by atoms with Gasteiger partial charge in [0, 0.05) is 6.42 Å². The fraction of sp³-hybridized carbons (Fsp3) is 0.706. The minimum Gasteiger partial charge on any atom is -0.388 e. The summed E-state index contributed by atoms with van der Waals surface area (Å²) in [6, 6.07) is 0. The summed E-state index contributed by atoms with van der Waals surface area (Å²) in [5, 5.41) is 10.1. The smallest absolute Gasteiger partial charge is 0.119 e. The number of carbonyl (C=O) groups excluding carboxylic acids is 1. The number of carbonyl (C=O) groups is 1. The van der Waals surface area contributed by atoms with Crippen LogP contribution >= 0.6 is 0 Å². The summed E-state index contributed by atoms with van der Waals surface area (Å²) >= 11 is 0. The molecule has 0 aliphatic rings. The van der Waals surface area contributed by atoms with E-state index in [4.69, 9.17) is 0 Å². The van der Waals surface area contributed by atoms with Crippen LogP contribution < -0.4 is 0 Å². The number of aliphatic hydroxyl groups is 1. The SMILES string of the molecule is CCCCC(C)(C)C(O)/C=C/C=C\CCCCC=O. The van der Waals surface area contributed by atoms with E-state index in [0.29, 0.717) is 6.42 Å². The predicted octanol–water partition coefficient (Wildman–Crippen LogP) is 4.44. The van der Waals surface area contributed by atoms with Gasteiger partial charge in [0.05, 0.1) is 6.10 Å². The highest BCUT2D eigenvalue weighted by Crippen LogP contribution is 2.28. The average molecular weight is 266 g/mol. The summed E-state index contributed by atoms with van der Waals surface area (Å²) in [5.41, 5.74) is -0.0513. The Kier molecular flexibility index (Phi) is 10.5. The second-order valence-corrected chi connectivity index (χ2v) is 5.80. The Labute approximate surface area is 118 Å². The molecule has 0 bridgehead atoms. The van der Waals surface area contributed by atoms with Crippen LogP contribution in [0.3, 0.4) is 0 Å². The summed E-state index contributed by atoms with van der Waals surface area (Å²) < 4.78 is 0. The third-order valence-corrected chi connectivity index (χ3v) is 3.46. The van der Waals surface area contributed by atoms with Crippen LogP contribution in [0.25, 0.3) is 0 Å². The largest absolute Gasteiger partial charge is 0.388 e. The second-order valence-electron chi connectivity index (χ2n) is 5.80. The van der Waals surface area contributed by atoms with Crippen LogP contribution in [0.5, 0.6) is 0 Å². The normalized spacial score (nSPS) is 14.3. The highest BCUT2D eigenvalue weighted by Gasteiger charge is 2.24. The summed E-state index contributed by atoms with van der Waals surface area (Å²) in [4.78, 5) is 10.1. The summed E-state index contributed by atoms with van der Waals surface area (Å²) in [5.74, 6) is 0. The number of unbranched alkanes of at least 4 members (excludes halogenated alkanes) is 4. The Balaban J connectivity index is 3.90. The Hall–Kier alpha value is -0.890. The van der Waals surface area contributed by atoms with Crippen molar-refractivity contribution in [2.75, 3.05) is 0 Å². The van der Waals surface area contributed by atoms with E-state index in [1.807, 2.05) is 18.2 Å². The fourth-order valence-corrected chi connectivity index (χ4v) is 1.87. The molecule has 0 aliphatic heterocycles. The van der Waals surface area contributed by atoms with Crippen molar-refractivity contribution in [2.24, 2.45) is 5.41 Å². The fourth-order valence-electron chi connectivity index (χ4n) is 1.87. The van der Waals surface area contributed by atoms with E-state index in [0.717, 1.165) is 38.4 Å². The van der Waals surface area contributed by atoms with Crippen molar-refractivity contribution in [3.05, 3.63) is 24.3 Å².